The van der Waals surface area contributed by atoms with E-state index in [4.69, 9.17) is 15.0 Å². The average molecular weight is 767 g/mol. The Balaban J connectivity index is 1.02. The highest BCUT2D eigenvalue weighted by atomic mass is 32.1. The third-order valence-electron chi connectivity index (χ3n) is 11.6. The lowest BCUT2D eigenvalue weighted by Crippen LogP contribution is -2.00. The maximum absolute atomic E-state index is 10.4. The molecule has 0 amide bonds. The molecule has 0 aliphatic rings. The summed E-state index contributed by atoms with van der Waals surface area (Å²) in [5, 5.41) is 22.5. The molecule has 0 aliphatic carbocycles. The third kappa shape index (κ3) is 5.46. The molecule has 0 atom stereocenters. The van der Waals surface area contributed by atoms with Crippen molar-refractivity contribution in [2.45, 2.75) is 0 Å². The van der Waals surface area contributed by atoms with Gasteiger partial charge in [0.2, 0.25) is 0 Å². The summed E-state index contributed by atoms with van der Waals surface area (Å²) >= 11 is 1.84. The van der Waals surface area contributed by atoms with Crippen LogP contribution in [0, 0.1) is 11.3 Å². The quantitative estimate of drug-likeness (QED) is 0.164. The van der Waals surface area contributed by atoms with Crippen molar-refractivity contribution in [1.29, 1.82) is 5.26 Å². The maximum atomic E-state index is 10.4. The first-order valence-electron chi connectivity index (χ1n) is 19.6. The highest BCUT2D eigenvalue weighted by Crippen LogP contribution is 2.47. The summed E-state index contributed by atoms with van der Waals surface area (Å²) in [4.78, 5) is 15.4. The molecular formula is C54H30N4S. The van der Waals surface area contributed by atoms with Crippen LogP contribution < -0.4 is 0 Å². The van der Waals surface area contributed by atoms with E-state index in [1.54, 1.807) is 0 Å². The van der Waals surface area contributed by atoms with Gasteiger partial charge in [0.15, 0.2) is 17.5 Å². The first-order valence-corrected chi connectivity index (χ1v) is 20.5. The van der Waals surface area contributed by atoms with E-state index in [0.29, 0.717) is 23.0 Å². The second-order valence-electron chi connectivity index (χ2n) is 15.1. The second-order valence-corrected chi connectivity index (χ2v) is 16.2. The molecule has 5 heteroatoms. The van der Waals surface area contributed by atoms with Crippen molar-refractivity contribution in [3.05, 3.63) is 188 Å². The van der Waals surface area contributed by atoms with Crippen LogP contribution in [0.1, 0.15) is 5.56 Å². The van der Waals surface area contributed by atoms with E-state index >= 15 is 0 Å². The van der Waals surface area contributed by atoms with Crippen LogP contribution in [0.3, 0.4) is 0 Å². The SMILES string of the molecule is N#Cc1cc(-c2cccc(-c3nc(-c4ccc5ccccc5c4)nc(-c4cccc5ccccc45)n3)c2)cc(-c2cc3sc4cccc5c6ccccc6c(c2)c3c45)c1. The summed E-state index contributed by atoms with van der Waals surface area (Å²) in [5.41, 5.74) is 7.35. The zero-order valence-electron chi connectivity index (χ0n) is 31.5. The lowest BCUT2D eigenvalue weighted by atomic mass is 9.91. The van der Waals surface area contributed by atoms with Gasteiger partial charge >= 0.3 is 0 Å². The van der Waals surface area contributed by atoms with E-state index < -0.39 is 0 Å². The van der Waals surface area contributed by atoms with E-state index in [9.17, 15) is 5.26 Å². The van der Waals surface area contributed by atoms with Crippen LogP contribution in [0.4, 0.5) is 0 Å². The molecule has 2 heterocycles. The highest BCUT2D eigenvalue weighted by molar-refractivity contribution is 7.26. The molecule has 12 aromatic rings. The van der Waals surface area contributed by atoms with Crippen molar-refractivity contribution in [2.24, 2.45) is 0 Å². The highest BCUT2D eigenvalue weighted by Gasteiger charge is 2.19. The molecule has 0 unspecified atom stereocenters. The van der Waals surface area contributed by atoms with Crippen LogP contribution in [0.2, 0.25) is 0 Å². The van der Waals surface area contributed by atoms with Gasteiger partial charge in [-0.2, -0.15) is 5.26 Å². The molecular weight excluding hydrogens is 737 g/mol. The van der Waals surface area contributed by atoms with E-state index in [1.165, 1.54) is 41.7 Å². The van der Waals surface area contributed by atoms with E-state index in [2.05, 4.69) is 170 Å². The largest absolute Gasteiger partial charge is 0.208 e. The Labute approximate surface area is 343 Å². The number of hydrogen-bond donors (Lipinski definition) is 0. The van der Waals surface area contributed by atoms with Gasteiger partial charge in [0.05, 0.1) is 11.6 Å². The normalized spacial score (nSPS) is 11.7. The number of fused-ring (bicyclic) bond motifs is 5. The van der Waals surface area contributed by atoms with Gasteiger partial charge in [-0.15, -0.1) is 11.3 Å². The Morgan fingerprint density at radius 2 is 0.932 bits per heavy atom. The zero-order valence-corrected chi connectivity index (χ0v) is 32.3. The Morgan fingerprint density at radius 3 is 1.76 bits per heavy atom. The van der Waals surface area contributed by atoms with Crippen molar-refractivity contribution in [2.75, 3.05) is 0 Å². The molecule has 0 bridgehead atoms. The molecule has 0 fully saturated rings. The fourth-order valence-corrected chi connectivity index (χ4v) is 10.1. The molecule has 272 valence electrons. The predicted octanol–water partition coefficient (Wildman–Crippen LogP) is 14.5. The van der Waals surface area contributed by atoms with Gasteiger partial charge in [-0.25, -0.2) is 15.0 Å². The summed E-state index contributed by atoms with van der Waals surface area (Å²) < 4.78 is 2.54. The van der Waals surface area contributed by atoms with Crippen LogP contribution in [0.15, 0.2) is 182 Å². The monoisotopic (exact) mass is 766 g/mol. The molecule has 0 saturated heterocycles. The molecule has 10 aromatic carbocycles. The Kier molecular flexibility index (Phi) is 7.43. The lowest BCUT2D eigenvalue weighted by molar-refractivity contribution is 1.08. The summed E-state index contributed by atoms with van der Waals surface area (Å²) in [6.45, 7) is 0. The number of thiophene rings is 1. The Morgan fingerprint density at radius 1 is 0.356 bits per heavy atom. The third-order valence-corrected chi connectivity index (χ3v) is 12.7. The fourth-order valence-electron chi connectivity index (χ4n) is 8.87. The number of hydrogen-bond acceptors (Lipinski definition) is 5. The first kappa shape index (κ1) is 33.4. The number of benzene rings is 10. The molecule has 2 aromatic heterocycles. The molecule has 0 aliphatic heterocycles. The smallest absolute Gasteiger partial charge is 0.164 e. The molecule has 12 rings (SSSR count). The average Bonchev–Trinajstić information content (AvgIpc) is 3.69. The molecule has 0 saturated carbocycles. The summed E-state index contributed by atoms with van der Waals surface area (Å²) in [6.07, 6.45) is 0. The Bertz CT molecular complexity index is 3700. The molecule has 0 radical (unpaired) electrons. The van der Waals surface area contributed by atoms with E-state index in [0.717, 1.165) is 60.5 Å². The van der Waals surface area contributed by atoms with Crippen LogP contribution >= 0.6 is 11.3 Å². The van der Waals surface area contributed by atoms with Crippen molar-refractivity contribution in [3.63, 3.8) is 0 Å². The van der Waals surface area contributed by atoms with Crippen LogP contribution in [-0.4, -0.2) is 15.0 Å². The van der Waals surface area contributed by atoms with Gasteiger partial charge < -0.3 is 0 Å². The standard InChI is InChI=1S/C54H30N4S/c55-31-32-24-39(28-40(25-32)41-29-47-44-18-6-5-17-43(44)45-19-9-21-48-50(45)51(47)49(30-41)59-48)36-14-7-15-37(27-36)52-56-53(38-23-22-33-10-1-2-12-35(33)26-38)58-54(57-52)46-20-8-13-34-11-3-4-16-42(34)46/h1-30H. The summed E-state index contributed by atoms with van der Waals surface area (Å²) in [6, 6.07) is 66.2. The van der Waals surface area contributed by atoms with Crippen molar-refractivity contribution >= 4 is 74.6 Å². The molecule has 4 nitrogen and oxygen atoms in total. The second kappa shape index (κ2) is 13.1. The Hall–Kier alpha value is -7.78. The minimum absolute atomic E-state index is 0.581. The van der Waals surface area contributed by atoms with Gasteiger partial charge in [0.1, 0.15) is 0 Å². The maximum Gasteiger partial charge on any atom is 0.164 e. The van der Waals surface area contributed by atoms with Gasteiger partial charge in [-0.3, -0.25) is 0 Å². The van der Waals surface area contributed by atoms with Gasteiger partial charge in [-0.1, -0.05) is 133 Å². The minimum Gasteiger partial charge on any atom is -0.208 e. The molecule has 59 heavy (non-hydrogen) atoms. The van der Waals surface area contributed by atoms with E-state index in [1.807, 2.05) is 29.5 Å². The lowest BCUT2D eigenvalue weighted by Gasteiger charge is -2.13. The zero-order chi connectivity index (χ0) is 39.0. The summed E-state index contributed by atoms with van der Waals surface area (Å²) in [7, 11) is 0. The van der Waals surface area contributed by atoms with E-state index in [-0.39, 0.29) is 0 Å². The topological polar surface area (TPSA) is 62.5 Å². The minimum atomic E-state index is 0.581. The van der Waals surface area contributed by atoms with Crippen LogP contribution in [0.5, 0.6) is 0 Å². The van der Waals surface area contributed by atoms with Crippen LogP contribution in [0.25, 0.3) is 120 Å². The fraction of sp³-hybridized carbons (Fsp3) is 0. The number of rotatable bonds is 5. The van der Waals surface area contributed by atoms with Gasteiger partial charge in [0.25, 0.3) is 0 Å². The molecule has 0 N–H and O–H groups in total. The molecule has 0 spiro atoms. The predicted molar refractivity (Wildman–Crippen MR) is 246 cm³/mol. The summed E-state index contributed by atoms with van der Waals surface area (Å²) in [5.74, 6) is 1.80. The van der Waals surface area contributed by atoms with Crippen molar-refractivity contribution in [3.8, 4) is 62.5 Å². The van der Waals surface area contributed by atoms with Gasteiger partial charge in [-0.05, 0) is 114 Å². The number of nitriles is 1. The van der Waals surface area contributed by atoms with Gasteiger partial charge in [0, 0.05) is 36.9 Å². The first-order chi connectivity index (χ1) is 29.1. The number of aromatic nitrogens is 3. The number of nitrogens with zero attached hydrogens (tertiary/aromatic N) is 4. The van der Waals surface area contributed by atoms with Crippen molar-refractivity contribution < 1.29 is 0 Å². The van der Waals surface area contributed by atoms with Crippen LogP contribution in [-0.2, 0) is 0 Å². The van der Waals surface area contributed by atoms with Crippen molar-refractivity contribution in [1.82, 2.24) is 15.0 Å².